The third-order valence-corrected chi connectivity index (χ3v) is 7.12. The maximum absolute atomic E-state index is 12.3. The first-order valence-corrected chi connectivity index (χ1v) is 13.5. The fourth-order valence-corrected chi connectivity index (χ4v) is 4.84. The highest BCUT2D eigenvalue weighted by Gasteiger charge is 2.27. The van der Waals surface area contributed by atoms with Crippen LogP contribution in [0.25, 0.3) is 11.0 Å². The Balaban J connectivity index is 1.45. The predicted molar refractivity (Wildman–Crippen MR) is 133 cm³/mol. The van der Waals surface area contributed by atoms with E-state index in [9.17, 15) is 13.2 Å². The third kappa shape index (κ3) is 5.90. The molecule has 10 nitrogen and oxygen atoms in total. The molecule has 0 bridgehead atoms. The van der Waals surface area contributed by atoms with Gasteiger partial charge in [-0.15, -0.1) is 0 Å². The molecule has 35 heavy (non-hydrogen) atoms. The van der Waals surface area contributed by atoms with E-state index in [1.807, 2.05) is 32.4 Å². The zero-order valence-electron chi connectivity index (χ0n) is 20.8. The number of likely N-dealkylation sites (tertiary alicyclic amines) is 1. The molecule has 1 amide bonds. The first-order chi connectivity index (χ1) is 16.4. The van der Waals surface area contributed by atoms with Gasteiger partial charge in [-0.1, -0.05) is 0 Å². The lowest BCUT2D eigenvalue weighted by molar-refractivity contribution is 0.0177. The third-order valence-electron chi connectivity index (χ3n) is 6.01. The van der Waals surface area contributed by atoms with Gasteiger partial charge in [-0.05, 0) is 70.2 Å². The number of carbonyl (C=O) groups excluding carboxylic acids is 1. The first kappa shape index (κ1) is 24.9. The quantitative estimate of drug-likeness (QED) is 0.560. The molecular formula is C24H32N6O4S. The number of nitrogens with one attached hydrogen (secondary N) is 1. The summed E-state index contributed by atoms with van der Waals surface area (Å²) in [6, 6.07) is 4.96. The lowest BCUT2D eigenvalue weighted by Crippen LogP contribution is -2.42. The molecule has 0 spiro atoms. The Labute approximate surface area is 205 Å². The van der Waals surface area contributed by atoms with Crippen LogP contribution in [0, 0.1) is 12.8 Å². The molecule has 3 heterocycles. The Kier molecular flexibility index (Phi) is 6.72. The number of anilines is 2. The number of aromatic nitrogens is 4. The van der Waals surface area contributed by atoms with Crippen LogP contribution in [0.15, 0.2) is 35.6 Å². The fraction of sp³-hybridized carbons (Fsp3) is 0.500. The Bertz CT molecular complexity index is 1340. The molecule has 188 valence electrons. The number of rotatable bonds is 5. The predicted octanol–water partition coefficient (Wildman–Crippen LogP) is 3.93. The molecule has 1 saturated heterocycles. The molecule has 1 fully saturated rings. The van der Waals surface area contributed by atoms with E-state index in [2.05, 4.69) is 20.4 Å². The Morgan fingerprint density at radius 1 is 1.20 bits per heavy atom. The van der Waals surface area contributed by atoms with Crippen LogP contribution in [-0.2, 0) is 21.1 Å². The number of ether oxygens (including phenoxy) is 1. The molecule has 2 aromatic heterocycles. The van der Waals surface area contributed by atoms with Gasteiger partial charge in [0.1, 0.15) is 17.7 Å². The lowest BCUT2D eigenvalue weighted by Gasteiger charge is -2.33. The summed E-state index contributed by atoms with van der Waals surface area (Å²) in [5.41, 5.74) is 1.78. The summed E-state index contributed by atoms with van der Waals surface area (Å²) in [4.78, 5) is 23.2. The maximum Gasteiger partial charge on any atom is 0.410 e. The van der Waals surface area contributed by atoms with Gasteiger partial charge in [0.15, 0.2) is 15.5 Å². The fourth-order valence-electron chi connectivity index (χ4n) is 4.13. The summed E-state index contributed by atoms with van der Waals surface area (Å²) < 4.78 is 31.0. The first-order valence-electron chi connectivity index (χ1n) is 11.6. The Morgan fingerprint density at radius 2 is 1.91 bits per heavy atom. The van der Waals surface area contributed by atoms with E-state index in [1.165, 1.54) is 12.6 Å². The molecule has 1 aliphatic heterocycles. The largest absolute Gasteiger partial charge is 0.444 e. The van der Waals surface area contributed by atoms with Crippen molar-refractivity contribution in [3.63, 3.8) is 0 Å². The molecule has 0 aliphatic carbocycles. The van der Waals surface area contributed by atoms with Crippen LogP contribution in [0.3, 0.4) is 0 Å². The van der Waals surface area contributed by atoms with Crippen molar-refractivity contribution in [3.05, 3.63) is 36.3 Å². The highest BCUT2D eigenvalue weighted by molar-refractivity contribution is 7.90. The van der Waals surface area contributed by atoms with Crippen molar-refractivity contribution in [1.29, 1.82) is 0 Å². The van der Waals surface area contributed by atoms with E-state index >= 15 is 0 Å². The smallest absolute Gasteiger partial charge is 0.410 e. The number of amides is 1. The number of piperidine rings is 1. The molecule has 0 atom stereocenters. The molecule has 3 aromatic rings. The number of fused-ring (bicyclic) bond motifs is 1. The normalized spacial score (nSPS) is 15.4. The minimum absolute atomic E-state index is 0.260. The second-order valence-corrected chi connectivity index (χ2v) is 12.1. The average molecular weight is 501 g/mol. The van der Waals surface area contributed by atoms with Crippen LogP contribution in [0.5, 0.6) is 0 Å². The summed E-state index contributed by atoms with van der Waals surface area (Å²) in [5.74, 6) is 0.977. The van der Waals surface area contributed by atoms with Crippen molar-refractivity contribution in [2.24, 2.45) is 5.92 Å². The minimum Gasteiger partial charge on any atom is -0.444 e. The highest BCUT2D eigenvalue weighted by Crippen LogP contribution is 2.28. The van der Waals surface area contributed by atoms with E-state index in [-0.39, 0.29) is 11.0 Å². The van der Waals surface area contributed by atoms with Crippen LogP contribution >= 0.6 is 0 Å². The molecule has 0 unspecified atom stereocenters. The Morgan fingerprint density at radius 3 is 2.54 bits per heavy atom. The number of hydrogen-bond acceptors (Lipinski definition) is 8. The van der Waals surface area contributed by atoms with Crippen molar-refractivity contribution < 1.29 is 17.9 Å². The number of carbonyl (C=O) groups is 1. The molecule has 4 rings (SSSR count). The highest BCUT2D eigenvalue weighted by atomic mass is 32.2. The van der Waals surface area contributed by atoms with Crippen LogP contribution in [0.4, 0.5) is 16.3 Å². The molecule has 1 aromatic carbocycles. The summed E-state index contributed by atoms with van der Waals surface area (Å²) in [7, 11) is -3.27. The number of sulfone groups is 1. The van der Waals surface area contributed by atoms with E-state index in [0.717, 1.165) is 35.1 Å². The average Bonchev–Trinajstić information content (AvgIpc) is 3.17. The van der Waals surface area contributed by atoms with Crippen molar-refractivity contribution in [3.8, 4) is 0 Å². The molecule has 1 aliphatic rings. The van der Waals surface area contributed by atoms with Gasteiger partial charge in [0.05, 0.1) is 16.5 Å². The number of aryl methyl sites for hydroxylation is 1. The molecule has 0 saturated carbocycles. The van der Waals surface area contributed by atoms with Crippen LogP contribution in [0.2, 0.25) is 0 Å². The van der Waals surface area contributed by atoms with Gasteiger partial charge < -0.3 is 15.0 Å². The van der Waals surface area contributed by atoms with Gasteiger partial charge in [0.25, 0.3) is 0 Å². The van der Waals surface area contributed by atoms with E-state index in [1.54, 1.807) is 29.3 Å². The summed E-state index contributed by atoms with van der Waals surface area (Å²) in [6.45, 7) is 9.48. The SMILES string of the molecule is Cc1cc(S(C)(=O)=O)ccc1Nc1ncnc2c1cnn2CC1CCN(C(=O)OC(C)(C)C)CC1. The molecule has 0 radical (unpaired) electrons. The second-order valence-electron chi connectivity index (χ2n) is 10.1. The van der Waals surface area contributed by atoms with Crippen LogP contribution < -0.4 is 5.32 Å². The number of benzene rings is 1. The van der Waals surface area contributed by atoms with Crippen molar-refractivity contribution in [2.75, 3.05) is 24.7 Å². The summed E-state index contributed by atoms with van der Waals surface area (Å²) >= 11 is 0. The van der Waals surface area contributed by atoms with Crippen molar-refractivity contribution in [2.45, 2.75) is 57.6 Å². The Hall–Kier alpha value is -3.21. The minimum atomic E-state index is -3.27. The zero-order chi connectivity index (χ0) is 25.4. The van der Waals surface area contributed by atoms with Crippen molar-refractivity contribution in [1.82, 2.24) is 24.6 Å². The summed E-state index contributed by atoms with van der Waals surface area (Å²) in [5, 5.41) is 8.63. The molecule has 1 N–H and O–H groups in total. The van der Waals surface area contributed by atoms with Crippen LogP contribution in [0.1, 0.15) is 39.2 Å². The lowest BCUT2D eigenvalue weighted by atomic mass is 9.97. The zero-order valence-corrected chi connectivity index (χ0v) is 21.6. The molecule has 11 heteroatoms. The van der Waals surface area contributed by atoms with Crippen LogP contribution in [-0.4, -0.2) is 64.1 Å². The topological polar surface area (TPSA) is 119 Å². The monoisotopic (exact) mass is 500 g/mol. The maximum atomic E-state index is 12.3. The van der Waals surface area contributed by atoms with Gasteiger partial charge in [0, 0.05) is 31.6 Å². The van der Waals surface area contributed by atoms with E-state index in [0.29, 0.717) is 31.4 Å². The standard InChI is InChI=1S/C24H32N6O4S/c1-16-12-18(35(5,32)33)6-7-20(16)28-21-19-13-27-30(22(19)26-15-25-21)14-17-8-10-29(11-9-17)23(31)34-24(2,3)4/h6-7,12-13,15,17H,8-11,14H2,1-5H3,(H,25,26,28). The van der Waals surface area contributed by atoms with Gasteiger partial charge in [-0.2, -0.15) is 5.10 Å². The van der Waals surface area contributed by atoms with Gasteiger partial charge in [-0.25, -0.2) is 27.9 Å². The van der Waals surface area contributed by atoms with E-state index < -0.39 is 15.4 Å². The van der Waals surface area contributed by atoms with Gasteiger partial charge >= 0.3 is 6.09 Å². The second kappa shape index (κ2) is 9.44. The van der Waals surface area contributed by atoms with E-state index in [4.69, 9.17) is 4.74 Å². The van der Waals surface area contributed by atoms with Gasteiger partial charge in [0.2, 0.25) is 0 Å². The van der Waals surface area contributed by atoms with Crippen molar-refractivity contribution >= 4 is 38.5 Å². The van der Waals surface area contributed by atoms with Gasteiger partial charge in [-0.3, -0.25) is 0 Å². The molecular weight excluding hydrogens is 468 g/mol. The number of hydrogen-bond donors (Lipinski definition) is 1. The summed E-state index contributed by atoms with van der Waals surface area (Å²) in [6.07, 6.45) is 5.90. The number of nitrogens with zero attached hydrogens (tertiary/aromatic N) is 5.